The maximum atomic E-state index is 12.7. The average molecular weight is 465 g/mol. The normalized spacial score (nSPS) is 26.3. The molecule has 1 aromatic carbocycles. The van der Waals surface area contributed by atoms with Crippen LogP contribution in [0.25, 0.3) is 20.9 Å². The van der Waals surface area contributed by atoms with E-state index in [0.717, 1.165) is 4.90 Å². The Morgan fingerprint density at radius 3 is 2.23 bits per heavy atom. The van der Waals surface area contributed by atoms with Crippen molar-refractivity contribution in [3.63, 3.8) is 0 Å². The van der Waals surface area contributed by atoms with E-state index < -0.39 is 44.0 Å². The molecule has 0 bridgehead atoms. The van der Waals surface area contributed by atoms with Gasteiger partial charge < -0.3 is 13.9 Å². The molecular formula is C19H28N6O4SSi. The first kappa shape index (κ1) is 25.1. The number of hydrogen-bond acceptors (Lipinski definition) is 7. The Morgan fingerprint density at radius 2 is 1.71 bits per heavy atom. The van der Waals surface area contributed by atoms with Crippen molar-refractivity contribution in [1.82, 2.24) is 0 Å². The van der Waals surface area contributed by atoms with Crippen LogP contribution in [0.15, 0.2) is 45.5 Å². The summed E-state index contributed by atoms with van der Waals surface area (Å²) in [6, 6.07) is 7.50. The number of thioether (sulfide) groups is 1. The first-order valence-electron chi connectivity index (χ1n) is 9.77. The molecule has 1 aliphatic rings. The fraction of sp³-hybridized carbons (Fsp3) is 0.632. The Hall–Kier alpha value is -2.20. The number of azide groups is 2. The summed E-state index contributed by atoms with van der Waals surface area (Å²) in [6.45, 7) is 10.2. The molecule has 31 heavy (non-hydrogen) atoms. The van der Waals surface area contributed by atoms with Crippen LogP contribution in [0.1, 0.15) is 20.8 Å². The molecule has 1 saturated heterocycles. The predicted octanol–water partition coefficient (Wildman–Crippen LogP) is 5.42. The van der Waals surface area contributed by atoms with Gasteiger partial charge in [0.05, 0.1) is 25.3 Å². The first-order valence-corrected chi connectivity index (χ1v) is 13.6. The topological polar surface area (TPSA) is 142 Å². The van der Waals surface area contributed by atoms with Gasteiger partial charge in [0.15, 0.2) is 14.4 Å². The third-order valence-electron chi connectivity index (χ3n) is 5.58. The van der Waals surface area contributed by atoms with Crippen LogP contribution in [0.4, 0.5) is 0 Å². The Kier molecular flexibility index (Phi) is 8.41. The second kappa shape index (κ2) is 10.4. The SMILES string of the molecule is COC(=O)[C@H]1O[C@@H](Sc2ccccc2)[C@@H](N=[N+]=[N-])[C@@H](N=[N+]=[N-])[C@@H]1O[Si](C)(C)C(C)(C)C. The van der Waals surface area contributed by atoms with E-state index in [9.17, 15) is 15.9 Å². The van der Waals surface area contributed by atoms with Gasteiger partial charge in [-0.2, -0.15) is 0 Å². The molecule has 12 heteroatoms. The molecular weight excluding hydrogens is 436 g/mol. The number of carbonyl (C=O) groups is 1. The Morgan fingerprint density at radius 1 is 1.13 bits per heavy atom. The number of rotatable bonds is 7. The molecule has 2 rings (SSSR count). The van der Waals surface area contributed by atoms with Gasteiger partial charge in [-0.1, -0.05) is 61.0 Å². The molecule has 0 saturated carbocycles. The van der Waals surface area contributed by atoms with E-state index in [4.69, 9.17) is 13.9 Å². The van der Waals surface area contributed by atoms with E-state index in [1.807, 2.05) is 43.4 Å². The minimum atomic E-state index is -2.42. The van der Waals surface area contributed by atoms with Crippen molar-refractivity contribution in [1.29, 1.82) is 0 Å². The molecule has 0 aliphatic carbocycles. The third-order valence-corrected chi connectivity index (χ3v) is 11.2. The number of benzene rings is 1. The van der Waals surface area contributed by atoms with Crippen molar-refractivity contribution in [2.24, 2.45) is 10.2 Å². The van der Waals surface area contributed by atoms with E-state index in [1.165, 1.54) is 18.9 Å². The van der Waals surface area contributed by atoms with Crippen LogP contribution in [0.2, 0.25) is 18.1 Å². The number of hydrogen-bond donors (Lipinski definition) is 0. The van der Waals surface area contributed by atoms with Gasteiger partial charge in [0, 0.05) is 14.7 Å². The second-order valence-electron chi connectivity index (χ2n) is 8.61. The molecule has 0 amide bonds. The van der Waals surface area contributed by atoms with Gasteiger partial charge in [-0.15, -0.1) is 0 Å². The summed E-state index contributed by atoms with van der Waals surface area (Å²) in [4.78, 5) is 19.4. The summed E-state index contributed by atoms with van der Waals surface area (Å²) >= 11 is 1.28. The molecule has 5 atom stereocenters. The van der Waals surface area contributed by atoms with Crippen molar-refractivity contribution in [2.45, 2.75) is 73.5 Å². The van der Waals surface area contributed by atoms with Gasteiger partial charge >= 0.3 is 5.97 Å². The molecule has 1 aromatic rings. The molecule has 1 fully saturated rings. The fourth-order valence-electron chi connectivity index (χ4n) is 2.90. The van der Waals surface area contributed by atoms with Crippen molar-refractivity contribution >= 4 is 26.0 Å². The maximum absolute atomic E-state index is 12.7. The van der Waals surface area contributed by atoms with E-state index in [1.54, 1.807) is 0 Å². The summed E-state index contributed by atoms with van der Waals surface area (Å²) < 4.78 is 17.5. The third kappa shape index (κ3) is 5.94. The quantitative estimate of drug-likeness (QED) is 0.174. The predicted molar refractivity (Wildman–Crippen MR) is 121 cm³/mol. The molecule has 0 aromatic heterocycles. The average Bonchev–Trinajstić information content (AvgIpc) is 2.71. The Bertz CT molecular complexity index is 868. The monoisotopic (exact) mass is 464 g/mol. The molecule has 1 heterocycles. The van der Waals surface area contributed by atoms with Crippen molar-refractivity contribution in [2.75, 3.05) is 7.11 Å². The highest BCUT2D eigenvalue weighted by molar-refractivity contribution is 7.99. The number of methoxy groups -OCH3 is 1. The van der Waals surface area contributed by atoms with E-state index in [-0.39, 0.29) is 5.04 Å². The van der Waals surface area contributed by atoms with Crippen LogP contribution >= 0.6 is 11.8 Å². The minimum Gasteiger partial charge on any atom is -0.467 e. The van der Waals surface area contributed by atoms with Crippen molar-refractivity contribution in [3.8, 4) is 0 Å². The summed E-state index contributed by atoms with van der Waals surface area (Å²) in [5.74, 6) is -0.639. The Balaban J connectivity index is 2.53. The second-order valence-corrected chi connectivity index (χ2v) is 14.5. The fourth-order valence-corrected chi connectivity index (χ4v) is 5.31. The molecule has 1 aliphatic heterocycles. The molecule has 10 nitrogen and oxygen atoms in total. The van der Waals surface area contributed by atoms with Crippen LogP contribution in [-0.4, -0.2) is 51.1 Å². The number of esters is 1. The summed E-state index contributed by atoms with van der Waals surface area (Å²) in [6.07, 6.45) is -2.09. The number of nitrogens with zero attached hydrogens (tertiary/aromatic N) is 6. The lowest BCUT2D eigenvalue weighted by atomic mass is 9.96. The van der Waals surface area contributed by atoms with Crippen LogP contribution in [0.5, 0.6) is 0 Å². The Labute approximate surface area is 187 Å². The highest BCUT2D eigenvalue weighted by atomic mass is 32.2. The van der Waals surface area contributed by atoms with E-state index >= 15 is 0 Å². The minimum absolute atomic E-state index is 0.182. The highest BCUT2D eigenvalue weighted by Gasteiger charge is 2.53. The standard InChI is InChI=1S/C19H28N6O4SSi/c1-19(2,3)31(5,6)29-15-13(22-24-20)14(23-25-21)18(28-16(15)17(26)27-4)30-12-10-8-7-9-11-12/h7-11,13-16,18H,1-6H3/t13-,14+,15+,16+,18+/m1/s1. The molecule has 0 N–H and O–H groups in total. The summed E-state index contributed by atoms with van der Waals surface area (Å²) in [7, 11) is -1.16. The largest absolute Gasteiger partial charge is 0.467 e. The lowest BCUT2D eigenvalue weighted by Gasteiger charge is -2.47. The lowest BCUT2D eigenvalue weighted by Crippen LogP contribution is -2.62. The van der Waals surface area contributed by atoms with Crippen LogP contribution in [0.3, 0.4) is 0 Å². The van der Waals surface area contributed by atoms with Gasteiger partial charge in [-0.05, 0) is 41.3 Å². The summed E-state index contributed by atoms with van der Waals surface area (Å²) in [5.41, 5.74) is 17.7. The van der Waals surface area contributed by atoms with Gasteiger partial charge in [-0.3, -0.25) is 0 Å². The lowest BCUT2D eigenvalue weighted by molar-refractivity contribution is -0.172. The molecule has 0 spiro atoms. The molecule has 0 unspecified atom stereocenters. The zero-order valence-corrected chi connectivity index (χ0v) is 20.3. The van der Waals surface area contributed by atoms with E-state index in [2.05, 4.69) is 40.8 Å². The highest BCUT2D eigenvalue weighted by Crippen LogP contribution is 2.42. The summed E-state index contributed by atoms with van der Waals surface area (Å²) in [5, 5.41) is 7.60. The number of ether oxygens (including phenoxy) is 2. The molecule has 0 radical (unpaired) electrons. The van der Waals surface area contributed by atoms with Crippen LogP contribution in [0, 0.1) is 0 Å². The smallest absolute Gasteiger partial charge is 0.337 e. The van der Waals surface area contributed by atoms with Crippen molar-refractivity contribution < 1.29 is 18.7 Å². The maximum Gasteiger partial charge on any atom is 0.337 e. The van der Waals surface area contributed by atoms with Crippen molar-refractivity contribution in [3.05, 3.63) is 51.2 Å². The van der Waals surface area contributed by atoms with E-state index in [0.29, 0.717) is 0 Å². The van der Waals surface area contributed by atoms with Crippen LogP contribution < -0.4 is 0 Å². The number of carbonyl (C=O) groups excluding carboxylic acids is 1. The van der Waals surface area contributed by atoms with Gasteiger partial charge in [-0.25, -0.2) is 4.79 Å². The zero-order valence-electron chi connectivity index (χ0n) is 18.5. The van der Waals surface area contributed by atoms with Crippen LogP contribution in [-0.2, 0) is 18.7 Å². The van der Waals surface area contributed by atoms with Gasteiger partial charge in [0.25, 0.3) is 0 Å². The van der Waals surface area contributed by atoms with Gasteiger partial charge in [0.2, 0.25) is 0 Å². The first-order chi connectivity index (χ1) is 14.6. The van der Waals surface area contributed by atoms with Gasteiger partial charge in [0.1, 0.15) is 5.44 Å². The zero-order chi connectivity index (χ0) is 23.2. The molecule has 168 valence electrons.